The van der Waals surface area contributed by atoms with E-state index >= 15 is 0 Å². The number of aromatic nitrogens is 4. The van der Waals surface area contributed by atoms with E-state index < -0.39 is 12.1 Å². The Morgan fingerprint density at radius 1 is 1.28 bits per heavy atom. The topological polar surface area (TPSA) is 128 Å². The van der Waals surface area contributed by atoms with E-state index in [0.717, 1.165) is 12.8 Å². The van der Waals surface area contributed by atoms with E-state index in [1.807, 2.05) is 20.8 Å². The number of carbonyl (C=O) groups is 2. The summed E-state index contributed by atoms with van der Waals surface area (Å²) in [6, 6.07) is 3.56. The number of rotatable bonds is 7. The number of carbonyl (C=O) groups excluding carboxylic acids is 1. The van der Waals surface area contributed by atoms with E-state index in [9.17, 15) is 14.7 Å². The molecule has 2 N–H and O–H groups in total. The first-order valence-corrected chi connectivity index (χ1v) is 10.8. The molecule has 2 atom stereocenters. The van der Waals surface area contributed by atoms with Gasteiger partial charge in [0.15, 0.2) is 0 Å². The fourth-order valence-corrected chi connectivity index (χ4v) is 3.52. The van der Waals surface area contributed by atoms with Gasteiger partial charge in [0.2, 0.25) is 0 Å². The summed E-state index contributed by atoms with van der Waals surface area (Å²) in [5.74, 6) is -0.539. The molecule has 10 heteroatoms. The summed E-state index contributed by atoms with van der Waals surface area (Å²) in [6.07, 6.45) is 3.83. The highest BCUT2D eigenvalue weighted by molar-refractivity contribution is 5.70. The summed E-state index contributed by atoms with van der Waals surface area (Å²) in [5, 5.41) is 20.2. The summed E-state index contributed by atoms with van der Waals surface area (Å²) >= 11 is 0. The SMILES string of the molecule is Cn1nnc(-c2ccc(O[C@H]3CCCC(C(=O)O)C3)cn2)c1CNC(=O)OCC(C)(C)C. The zero-order valence-electron chi connectivity index (χ0n) is 19.0. The molecule has 0 radical (unpaired) electrons. The molecule has 1 saturated carbocycles. The summed E-state index contributed by atoms with van der Waals surface area (Å²) in [7, 11) is 1.74. The number of ether oxygens (including phenoxy) is 2. The van der Waals surface area contributed by atoms with Gasteiger partial charge in [-0.15, -0.1) is 5.10 Å². The van der Waals surface area contributed by atoms with Crippen molar-refractivity contribution in [3.63, 3.8) is 0 Å². The Balaban J connectivity index is 1.61. The summed E-state index contributed by atoms with van der Waals surface area (Å²) < 4.78 is 12.8. The molecule has 0 saturated heterocycles. The minimum Gasteiger partial charge on any atom is -0.489 e. The first kappa shape index (κ1) is 23.5. The van der Waals surface area contributed by atoms with Crippen LogP contribution in [0.4, 0.5) is 4.79 Å². The third kappa shape index (κ3) is 6.41. The molecule has 2 heterocycles. The van der Waals surface area contributed by atoms with Gasteiger partial charge in [0.25, 0.3) is 0 Å². The predicted octanol–water partition coefficient (Wildman–Crippen LogP) is 3.17. The van der Waals surface area contributed by atoms with Crippen LogP contribution in [0.1, 0.15) is 52.1 Å². The maximum absolute atomic E-state index is 12.0. The number of hydrogen-bond acceptors (Lipinski definition) is 7. The lowest BCUT2D eigenvalue weighted by atomic mass is 9.87. The maximum Gasteiger partial charge on any atom is 0.407 e. The quantitative estimate of drug-likeness (QED) is 0.665. The lowest BCUT2D eigenvalue weighted by Gasteiger charge is -2.27. The van der Waals surface area contributed by atoms with Crippen LogP contribution in [0.3, 0.4) is 0 Å². The number of aryl methyl sites for hydroxylation is 1. The van der Waals surface area contributed by atoms with Crippen molar-refractivity contribution in [1.82, 2.24) is 25.3 Å². The van der Waals surface area contributed by atoms with Gasteiger partial charge in [0.05, 0.1) is 42.8 Å². The van der Waals surface area contributed by atoms with Crippen LogP contribution >= 0.6 is 0 Å². The maximum atomic E-state index is 12.0. The number of aliphatic carboxylic acids is 1. The van der Waals surface area contributed by atoms with E-state index in [4.69, 9.17) is 9.47 Å². The van der Waals surface area contributed by atoms with Crippen LogP contribution in [-0.2, 0) is 23.1 Å². The lowest BCUT2D eigenvalue weighted by molar-refractivity contribution is -0.143. The summed E-state index contributed by atoms with van der Waals surface area (Å²) in [6.45, 7) is 6.47. The Hall–Kier alpha value is -3.17. The number of hydrogen-bond donors (Lipinski definition) is 2. The highest BCUT2D eigenvalue weighted by atomic mass is 16.5. The Labute approximate surface area is 187 Å². The minimum atomic E-state index is -0.766. The number of amides is 1. The third-order valence-electron chi connectivity index (χ3n) is 5.24. The first-order valence-electron chi connectivity index (χ1n) is 10.8. The molecule has 0 aliphatic heterocycles. The first-order chi connectivity index (χ1) is 15.1. The molecule has 174 valence electrons. The molecule has 2 aromatic rings. The third-order valence-corrected chi connectivity index (χ3v) is 5.24. The van der Waals surface area contributed by atoms with Gasteiger partial charge in [-0.3, -0.25) is 9.78 Å². The minimum absolute atomic E-state index is 0.115. The van der Waals surface area contributed by atoms with Gasteiger partial charge in [0, 0.05) is 7.05 Å². The molecule has 3 rings (SSSR count). The molecule has 1 unspecified atom stereocenters. The number of alkyl carbamates (subject to hydrolysis) is 1. The zero-order chi connectivity index (χ0) is 23.3. The fraction of sp³-hybridized carbons (Fsp3) is 0.591. The highest BCUT2D eigenvalue weighted by Crippen LogP contribution is 2.28. The number of carboxylic acids is 1. The van der Waals surface area contributed by atoms with Crippen LogP contribution in [0.2, 0.25) is 0 Å². The molecule has 0 bridgehead atoms. The molecule has 1 fully saturated rings. The van der Waals surface area contributed by atoms with Crippen molar-refractivity contribution < 1.29 is 24.2 Å². The van der Waals surface area contributed by atoms with E-state index in [1.165, 1.54) is 0 Å². The summed E-state index contributed by atoms with van der Waals surface area (Å²) in [4.78, 5) is 27.7. The van der Waals surface area contributed by atoms with E-state index in [1.54, 1.807) is 30.1 Å². The van der Waals surface area contributed by atoms with Gasteiger partial charge in [-0.05, 0) is 43.2 Å². The van der Waals surface area contributed by atoms with Crippen molar-refractivity contribution >= 4 is 12.1 Å². The molecule has 0 spiro atoms. The van der Waals surface area contributed by atoms with Crippen molar-refractivity contribution in [2.24, 2.45) is 18.4 Å². The Morgan fingerprint density at radius 2 is 2.06 bits per heavy atom. The van der Waals surface area contributed by atoms with Crippen molar-refractivity contribution in [3.05, 3.63) is 24.0 Å². The van der Waals surface area contributed by atoms with Crippen molar-refractivity contribution in [2.45, 2.75) is 59.1 Å². The second kappa shape index (κ2) is 9.97. The molecule has 1 amide bonds. The van der Waals surface area contributed by atoms with Crippen LogP contribution in [-0.4, -0.2) is 49.9 Å². The number of pyridine rings is 1. The Kier molecular flexibility index (Phi) is 7.32. The van der Waals surface area contributed by atoms with Gasteiger partial charge >= 0.3 is 12.1 Å². The van der Waals surface area contributed by atoms with Crippen molar-refractivity contribution in [1.29, 1.82) is 0 Å². The Bertz CT molecular complexity index is 935. The largest absolute Gasteiger partial charge is 0.489 e. The molecule has 1 aliphatic carbocycles. The molecule has 2 aromatic heterocycles. The number of carboxylic acid groups (broad SMARTS) is 1. The highest BCUT2D eigenvalue weighted by Gasteiger charge is 2.28. The second-order valence-electron chi connectivity index (χ2n) is 9.32. The average Bonchev–Trinajstić information content (AvgIpc) is 3.11. The van der Waals surface area contributed by atoms with E-state index in [2.05, 4.69) is 20.6 Å². The zero-order valence-corrected chi connectivity index (χ0v) is 19.0. The molecular formula is C22H31N5O5. The molecule has 10 nitrogen and oxygen atoms in total. The predicted molar refractivity (Wildman–Crippen MR) is 116 cm³/mol. The Morgan fingerprint density at radius 3 is 2.72 bits per heavy atom. The van der Waals surface area contributed by atoms with E-state index in [0.29, 0.717) is 42.3 Å². The van der Waals surface area contributed by atoms with Crippen LogP contribution in [0.5, 0.6) is 5.75 Å². The van der Waals surface area contributed by atoms with Crippen molar-refractivity contribution in [3.8, 4) is 17.1 Å². The van der Waals surface area contributed by atoms with Gasteiger partial charge < -0.3 is 19.9 Å². The van der Waals surface area contributed by atoms with Crippen LogP contribution in [0.25, 0.3) is 11.4 Å². The molecule has 1 aliphatic rings. The van der Waals surface area contributed by atoms with Crippen LogP contribution < -0.4 is 10.1 Å². The standard InChI is InChI=1S/C22H31N5O5/c1-22(2,3)13-31-21(30)24-12-18-19(25-26-27(18)4)17-9-8-16(11-23-17)32-15-7-5-6-14(10-15)20(28)29/h8-9,11,14-15H,5-7,10,12-13H2,1-4H3,(H,24,30)(H,28,29)/t14?,15-/m0/s1. The average molecular weight is 446 g/mol. The van der Waals surface area contributed by atoms with Gasteiger partial charge in [-0.25, -0.2) is 9.48 Å². The van der Waals surface area contributed by atoms with E-state index in [-0.39, 0.29) is 24.0 Å². The number of nitrogens with zero attached hydrogens (tertiary/aromatic N) is 4. The second-order valence-corrected chi connectivity index (χ2v) is 9.32. The monoisotopic (exact) mass is 445 g/mol. The van der Waals surface area contributed by atoms with Gasteiger partial charge in [-0.1, -0.05) is 26.0 Å². The number of nitrogens with one attached hydrogen (secondary N) is 1. The molecule has 32 heavy (non-hydrogen) atoms. The summed E-state index contributed by atoms with van der Waals surface area (Å²) in [5.41, 5.74) is 1.72. The van der Waals surface area contributed by atoms with Gasteiger partial charge in [0.1, 0.15) is 11.4 Å². The van der Waals surface area contributed by atoms with Crippen LogP contribution in [0, 0.1) is 11.3 Å². The molecule has 0 aromatic carbocycles. The van der Waals surface area contributed by atoms with Crippen LogP contribution in [0.15, 0.2) is 18.3 Å². The van der Waals surface area contributed by atoms with Crippen molar-refractivity contribution in [2.75, 3.05) is 6.61 Å². The fourth-order valence-electron chi connectivity index (χ4n) is 3.52. The lowest BCUT2D eigenvalue weighted by Crippen LogP contribution is -2.29. The molecular weight excluding hydrogens is 414 g/mol. The normalized spacial score (nSPS) is 18.8. The van der Waals surface area contributed by atoms with Gasteiger partial charge in [-0.2, -0.15) is 0 Å². The smallest absolute Gasteiger partial charge is 0.407 e.